The number of hydrazone groups is 1. The topological polar surface area (TPSA) is 120 Å². The molecular formula is C18H16N4O4S. The Balaban J connectivity index is 1.61. The van der Waals surface area contributed by atoms with Crippen LogP contribution in [0.25, 0.3) is 10.9 Å². The molecule has 0 aliphatic heterocycles. The standard InChI is InChI=1S/C18H16N4O4S/c23-17(12-20-27(25,26)15-7-2-1-3-8-15)22-19-11-14-10-13-6-4-5-9-16(13)21-18(14)24/h1-11,20H,12H2,(H,21,24)(H,22,23). The van der Waals surface area contributed by atoms with E-state index in [9.17, 15) is 18.0 Å². The van der Waals surface area contributed by atoms with Crippen LogP contribution < -0.4 is 15.7 Å². The minimum absolute atomic E-state index is 0.0593. The molecule has 0 aliphatic carbocycles. The van der Waals surface area contributed by atoms with Crippen molar-refractivity contribution in [1.29, 1.82) is 0 Å². The molecule has 138 valence electrons. The van der Waals surface area contributed by atoms with E-state index in [1.807, 2.05) is 18.2 Å². The number of amides is 1. The highest BCUT2D eigenvalue weighted by Crippen LogP contribution is 2.09. The average molecular weight is 384 g/mol. The van der Waals surface area contributed by atoms with E-state index in [2.05, 4.69) is 20.2 Å². The highest BCUT2D eigenvalue weighted by atomic mass is 32.2. The molecule has 1 amide bonds. The van der Waals surface area contributed by atoms with Crippen molar-refractivity contribution in [3.63, 3.8) is 0 Å². The van der Waals surface area contributed by atoms with Gasteiger partial charge in [0.1, 0.15) is 0 Å². The molecule has 0 radical (unpaired) electrons. The zero-order valence-corrected chi connectivity index (χ0v) is 14.9. The number of benzene rings is 2. The van der Waals surface area contributed by atoms with Gasteiger partial charge >= 0.3 is 0 Å². The molecule has 0 saturated carbocycles. The summed E-state index contributed by atoms with van der Waals surface area (Å²) in [4.78, 5) is 26.5. The maximum Gasteiger partial charge on any atom is 0.257 e. The van der Waals surface area contributed by atoms with Crippen LogP contribution in [0, 0.1) is 0 Å². The fourth-order valence-electron chi connectivity index (χ4n) is 2.32. The summed E-state index contributed by atoms with van der Waals surface area (Å²) in [5.74, 6) is -0.664. The van der Waals surface area contributed by atoms with Crippen molar-refractivity contribution in [1.82, 2.24) is 15.1 Å². The number of fused-ring (bicyclic) bond motifs is 1. The third-order valence-corrected chi connectivity index (χ3v) is 5.07. The first kappa shape index (κ1) is 18.5. The number of nitrogens with one attached hydrogen (secondary N) is 3. The number of hydrogen-bond donors (Lipinski definition) is 3. The van der Waals surface area contributed by atoms with Crippen LogP contribution in [0.3, 0.4) is 0 Å². The van der Waals surface area contributed by atoms with Crippen LogP contribution in [-0.2, 0) is 14.8 Å². The highest BCUT2D eigenvalue weighted by molar-refractivity contribution is 7.89. The van der Waals surface area contributed by atoms with E-state index in [4.69, 9.17) is 0 Å². The van der Waals surface area contributed by atoms with Gasteiger partial charge in [-0.1, -0.05) is 36.4 Å². The van der Waals surface area contributed by atoms with Gasteiger partial charge in [0, 0.05) is 5.52 Å². The second-order valence-corrected chi connectivity index (χ2v) is 7.34. The van der Waals surface area contributed by atoms with Gasteiger partial charge < -0.3 is 4.98 Å². The number of carbonyl (C=O) groups is 1. The van der Waals surface area contributed by atoms with E-state index in [0.717, 1.165) is 5.39 Å². The molecular weight excluding hydrogens is 368 g/mol. The second-order valence-electron chi connectivity index (χ2n) is 5.57. The minimum atomic E-state index is -3.78. The van der Waals surface area contributed by atoms with Gasteiger partial charge in [-0.3, -0.25) is 9.59 Å². The average Bonchev–Trinajstić information content (AvgIpc) is 2.67. The number of nitrogens with zero attached hydrogens (tertiary/aromatic N) is 1. The number of aromatic amines is 1. The van der Waals surface area contributed by atoms with E-state index in [0.29, 0.717) is 5.52 Å². The number of para-hydroxylation sites is 1. The Bertz CT molecular complexity index is 1150. The summed E-state index contributed by atoms with van der Waals surface area (Å²) in [6.45, 7) is -0.483. The van der Waals surface area contributed by atoms with Gasteiger partial charge in [0.05, 0.1) is 23.2 Å². The molecule has 1 aromatic heterocycles. The molecule has 0 atom stereocenters. The summed E-state index contributed by atoms with van der Waals surface area (Å²) in [6.07, 6.45) is 1.20. The largest absolute Gasteiger partial charge is 0.321 e. The number of H-pyrrole nitrogens is 1. The number of aromatic nitrogens is 1. The zero-order chi connectivity index (χ0) is 19.3. The molecule has 0 unspecified atom stereocenters. The fourth-order valence-corrected chi connectivity index (χ4v) is 3.32. The fraction of sp³-hybridized carbons (Fsp3) is 0.0556. The molecule has 0 aliphatic rings. The highest BCUT2D eigenvalue weighted by Gasteiger charge is 2.14. The Morgan fingerprint density at radius 2 is 1.78 bits per heavy atom. The normalized spacial score (nSPS) is 11.7. The Labute approximate surface area is 155 Å². The smallest absolute Gasteiger partial charge is 0.257 e. The van der Waals surface area contributed by atoms with Crippen molar-refractivity contribution in [2.75, 3.05) is 6.54 Å². The Morgan fingerprint density at radius 3 is 2.56 bits per heavy atom. The Kier molecular flexibility index (Phi) is 5.43. The molecule has 27 heavy (non-hydrogen) atoms. The van der Waals surface area contributed by atoms with Crippen LogP contribution in [0.15, 0.2) is 75.5 Å². The number of pyridine rings is 1. The number of rotatable bonds is 6. The summed E-state index contributed by atoms with van der Waals surface area (Å²) in [5, 5.41) is 4.52. The summed E-state index contributed by atoms with van der Waals surface area (Å²) in [6, 6.07) is 16.6. The molecule has 3 aromatic rings. The SMILES string of the molecule is O=C(CNS(=O)(=O)c1ccccc1)NN=Cc1cc2ccccc2[nH]c1=O. The van der Waals surface area contributed by atoms with Crippen molar-refractivity contribution in [3.8, 4) is 0 Å². The van der Waals surface area contributed by atoms with E-state index >= 15 is 0 Å². The first-order valence-corrected chi connectivity index (χ1v) is 9.43. The maximum absolute atomic E-state index is 12.0. The van der Waals surface area contributed by atoms with Crippen molar-refractivity contribution in [2.24, 2.45) is 5.10 Å². The van der Waals surface area contributed by atoms with Crippen molar-refractivity contribution >= 4 is 33.0 Å². The molecule has 0 spiro atoms. The Morgan fingerprint density at radius 1 is 1.07 bits per heavy atom. The molecule has 0 bridgehead atoms. The van der Waals surface area contributed by atoms with Crippen LogP contribution in [0.2, 0.25) is 0 Å². The quantitative estimate of drug-likeness (QED) is 0.433. The third-order valence-electron chi connectivity index (χ3n) is 3.65. The Hall–Kier alpha value is -3.30. The number of sulfonamides is 1. The lowest BCUT2D eigenvalue weighted by atomic mass is 10.2. The second kappa shape index (κ2) is 7.94. The lowest BCUT2D eigenvalue weighted by molar-refractivity contribution is -0.119. The third kappa shape index (κ3) is 4.66. The first-order valence-electron chi connectivity index (χ1n) is 7.94. The lowest BCUT2D eigenvalue weighted by Crippen LogP contribution is -2.35. The minimum Gasteiger partial charge on any atom is -0.321 e. The molecule has 9 heteroatoms. The van der Waals surface area contributed by atoms with E-state index in [1.54, 1.807) is 30.3 Å². The van der Waals surface area contributed by atoms with Gasteiger partial charge in [0.25, 0.3) is 11.5 Å². The van der Waals surface area contributed by atoms with Crippen LogP contribution in [0.5, 0.6) is 0 Å². The zero-order valence-electron chi connectivity index (χ0n) is 14.0. The van der Waals surface area contributed by atoms with E-state index in [1.165, 1.54) is 18.3 Å². The van der Waals surface area contributed by atoms with E-state index < -0.39 is 22.5 Å². The molecule has 0 saturated heterocycles. The van der Waals surface area contributed by atoms with Gasteiger partial charge in [0.2, 0.25) is 10.0 Å². The summed E-state index contributed by atoms with van der Waals surface area (Å²) < 4.78 is 26.2. The van der Waals surface area contributed by atoms with Gasteiger partial charge in [0.15, 0.2) is 0 Å². The lowest BCUT2D eigenvalue weighted by Gasteiger charge is -2.05. The van der Waals surface area contributed by atoms with Gasteiger partial charge in [-0.15, -0.1) is 0 Å². The van der Waals surface area contributed by atoms with E-state index in [-0.39, 0.29) is 16.0 Å². The van der Waals surface area contributed by atoms with Crippen molar-refractivity contribution < 1.29 is 13.2 Å². The molecule has 1 heterocycles. The van der Waals surface area contributed by atoms with Crippen LogP contribution in [0.1, 0.15) is 5.56 Å². The molecule has 8 nitrogen and oxygen atoms in total. The monoisotopic (exact) mass is 384 g/mol. The molecule has 3 rings (SSSR count). The van der Waals surface area contributed by atoms with Gasteiger partial charge in [-0.25, -0.2) is 18.6 Å². The number of carbonyl (C=O) groups excluding carboxylic acids is 1. The van der Waals surface area contributed by atoms with Gasteiger partial charge in [-0.2, -0.15) is 5.10 Å². The summed E-state index contributed by atoms with van der Waals surface area (Å²) in [5.41, 5.74) is 2.79. The molecule has 2 aromatic carbocycles. The first-order chi connectivity index (χ1) is 13.0. The van der Waals surface area contributed by atoms with Crippen molar-refractivity contribution in [2.45, 2.75) is 4.90 Å². The summed E-state index contributed by atoms with van der Waals surface area (Å²) >= 11 is 0. The van der Waals surface area contributed by atoms with Crippen LogP contribution in [0.4, 0.5) is 0 Å². The van der Waals surface area contributed by atoms with Crippen LogP contribution in [-0.4, -0.2) is 32.1 Å². The van der Waals surface area contributed by atoms with Crippen LogP contribution >= 0.6 is 0 Å². The van der Waals surface area contributed by atoms with Crippen molar-refractivity contribution in [3.05, 3.63) is 76.6 Å². The molecule has 3 N–H and O–H groups in total. The maximum atomic E-state index is 12.0. The summed E-state index contributed by atoms with van der Waals surface area (Å²) in [7, 11) is -3.78. The molecule has 0 fully saturated rings. The predicted molar refractivity (Wildman–Crippen MR) is 102 cm³/mol. The number of hydrogen-bond acceptors (Lipinski definition) is 5. The predicted octanol–water partition coefficient (Wildman–Crippen LogP) is 0.957. The van der Waals surface area contributed by atoms with Gasteiger partial charge in [-0.05, 0) is 29.7 Å².